The Kier molecular flexibility index (Phi) is 1.89. The van der Waals surface area contributed by atoms with E-state index in [1.807, 2.05) is 0 Å². The number of hydroxylamine groups is 2. The van der Waals surface area contributed by atoms with E-state index < -0.39 is 0 Å². The number of carbonyl (C=O) groups excluding carboxylic acids is 1. The van der Waals surface area contributed by atoms with E-state index in [0.717, 1.165) is 13.0 Å². The average molecular weight is 130 g/mol. The zero-order valence-electron chi connectivity index (χ0n) is 5.39. The van der Waals surface area contributed by atoms with Gasteiger partial charge < -0.3 is 5.32 Å². The Bertz CT molecular complexity index is 116. The van der Waals surface area contributed by atoms with Crippen molar-refractivity contribution in [3.8, 4) is 0 Å². The maximum absolute atomic E-state index is 10.7. The molecule has 0 aliphatic carbocycles. The molecule has 1 aliphatic rings. The van der Waals surface area contributed by atoms with Crippen molar-refractivity contribution in [2.24, 2.45) is 0 Å². The SMILES string of the molecule is CON1CCCNC1=O. The highest BCUT2D eigenvalue weighted by atomic mass is 16.7. The molecule has 0 radical (unpaired) electrons. The summed E-state index contributed by atoms with van der Waals surface area (Å²) in [5, 5.41) is 3.95. The van der Waals surface area contributed by atoms with Crippen molar-refractivity contribution >= 4 is 6.03 Å². The van der Waals surface area contributed by atoms with E-state index in [1.54, 1.807) is 0 Å². The fourth-order valence-electron chi connectivity index (χ4n) is 0.782. The Morgan fingerprint density at radius 3 is 3.00 bits per heavy atom. The molecule has 4 heteroatoms. The molecule has 1 N–H and O–H groups in total. The molecular formula is C5H10N2O2. The molecule has 1 saturated heterocycles. The van der Waals surface area contributed by atoms with Crippen LogP contribution in [0, 0.1) is 0 Å². The molecule has 4 nitrogen and oxygen atoms in total. The molecule has 0 aromatic rings. The molecule has 2 amide bonds. The Hall–Kier alpha value is -0.770. The first-order valence-corrected chi connectivity index (χ1v) is 2.94. The van der Waals surface area contributed by atoms with Gasteiger partial charge in [0.15, 0.2) is 0 Å². The predicted molar refractivity (Wildman–Crippen MR) is 31.7 cm³/mol. The van der Waals surface area contributed by atoms with E-state index in [4.69, 9.17) is 4.84 Å². The van der Waals surface area contributed by atoms with Gasteiger partial charge in [-0.05, 0) is 6.42 Å². The molecule has 1 fully saturated rings. The first kappa shape index (κ1) is 6.35. The maximum atomic E-state index is 10.7. The van der Waals surface area contributed by atoms with Crippen LogP contribution >= 0.6 is 0 Å². The quantitative estimate of drug-likeness (QED) is 0.541. The van der Waals surface area contributed by atoms with E-state index in [9.17, 15) is 4.79 Å². The standard InChI is InChI=1S/C5H10N2O2/c1-9-7-4-2-3-6-5(7)8/h2-4H2,1H3,(H,6,8). The lowest BCUT2D eigenvalue weighted by Crippen LogP contribution is -2.45. The van der Waals surface area contributed by atoms with Gasteiger partial charge in [-0.25, -0.2) is 9.86 Å². The number of rotatable bonds is 1. The third-order valence-corrected chi connectivity index (χ3v) is 1.26. The fraction of sp³-hybridized carbons (Fsp3) is 0.800. The summed E-state index contributed by atoms with van der Waals surface area (Å²) in [6.07, 6.45) is 0.958. The number of urea groups is 1. The minimum absolute atomic E-state index is 0.135. The topological polar surface area (TPSA) is 41.6 Å². The van der Waals surface area contributed by atoms with Crippen LogP contribution < -0.4 is 5.32 Å². The van der Waals surface area contributed by atoms with Gasteiger partial charge in [0.2, 0.25) is 0 Å². The lowest BCUT2D eigenvalue weighted by molar-refractivity contribution is -0.0925. The van der Waals surface area contributed by atoms with Crippen LogP contribution in [0.25, 0.3) is 0 Å². The summed E-state index contributed by atoms with van der Waals surface area (Å²) >= 11 is 0. The second-order valence-corrected chi connectivity index (χ2v) is 1.87. The highest BCUT2D eigenvalue weighted by Crippen LogP contribution is 1.96. The summed E-state index contributed by atoms with van der Waals surface area (Å²) < 4.78 is 0. The monoisotopic (exact) mass is 130 g/mol. The van der Waals surface area contributed by atoms with Gasteiger partial charge in [-0.15, -0.1) is 0 Å². The third-order valence-electron chi connectivity index (χ3n) is 1.26. The number of hydrogen-bond donors (Lipinski definition) is 1. The molecule has 0 atom stereocenters. The molecule has 0 unspecified atom stereocenters. The first-order chi connectivity index (χ1) is 4.34. The third kappa shape index (κ3) is 1.32. The maximum Gasteiger partial charge on any atom is 0.341 e. The van der Waals surface area contributed by atoms with E-state index in [1.165, 1.54) is 12.2 Å². The van der Waals surface area contributed by atoms with Gasteiger partial charge in [0, 0.05) is 6.54 Å². The number of nitrogens with zero attached hydrogens (tertiary/aromatic N) is 1. The molecule has 1 heterocycles. The molecule has 0 aromatic carbocycles. The summed E-state index contributed by atoms with van der Waals surface area (Å²) in [5.74, 6) is 0. The molecule has 0 spiro atoms. The summed E-state index contributed by atoms with van der Waals surface area (Å²) in [6, 6.07) is -0.135. The Labute approximate surface area is 53.7 Å². The molecule has 1 rings (SSSR count). The lowest BCUT2D eigenvalue weighted by atomic mass is 10.4. The van der Waals surface area contributed by atoms with E-state index in [-0.39, 0.29) is 6.03 Å². The predicted octanol–water partition coefficient (Wildman–Crippen LogP) is -0.0369. The van der Waals surface area contributed by atoms with Crippen LogP contribution in [-0.4, -0.2) is 31.3 Å². The van der Waals surface area contributed by atoms with E-state index in [0.29, 0.717) is 6.54 Å². The molecule has 0 saturated carbocycles. The number of carbonyl (C=O) groups is 1. The highest BCUT2D eigenvalue weighted by molar-refractivity contribution is 5.73. The molecule has 1 aliphatic heterocycles. The zero-order valence-corrected chi connectivity index (χ0v) is 5.39. The number of nitrogens with one attached hydrogen (secondary N) is 1. The minimum Gasteiger partial charge on any atom is -0.336 e. The minimum atomic E-state index is -0.135. The van der Waals surface area contributed by atoms with Gasteiger partial charge >= 0.3 is 6.03 Å². The Balaban J connectivity index is 2.39. The van der Waals surface area contributed by atoms with Crippen LogP contribution in [0.2, 0.25) is 0 Å². The molecule has 0 aromatic heterocycles. The number of amides is 2. The van der Waals surface area contributed by atoms with E-state index in [2.05, 4.69) is 5.32 Å². The van der Waals surface area contributed by atoms with Gasteiger partial charge in [0.25, 0.3) is 0 Å². The van der Waals surface area contributed by atoms with Crippen molar-refractivity contribution in [1.29, 1.82) is 0 Å². The van der Waals surface area contributed by atoms with Gasteiger partial charge in [-0.1, -0.05) is 0 Å². The van der Waals surface area contributed by atoms with Crippen LogP contribution in [0.5, 0.6) is 0 Å². The fourth-order valence-corrected chi connectivity index (χ4v) is 0.782. The van der Waals surface area contributed by atoms with Crippen molar-refractivity contribution in [3.63, 3.8) is 0 Å². The molecule has 52 valence electrons. The van der Waals surface area contributed by atoms with Crippen LogP contribution in [0.15, 0.2) is 0 Å². The first-order valence-electron chi connectivity index (χ1n) is 2.94. The highest BCUT2D eigenvalue weighted by Gasteiger charge is 2.15. The van der Waals surface area contributed by atoms with E-state index >= 15 is 0 Å². The summed E-state index contributed by atoms with van der Waals surface area (Å²) in [7, 11) is 1.49. The van der Waals surface area contributed by atoms with Crippen LogP contribution in [-0.2, 0) is 4.84 Å². The van der Waals surface area contributed by atoms with Gasteiger partial charge in [0.1, 0.15) is 0 Å². The lowest BCUT2D eigenvalue weighted by Gasteiger charge is -2.24. The van der Waals surface area contributed by atoms with Crippen LogP contribution in [0.4, 0.5) is 4.79 Å². The Morgan fingerprint density at radius 2 is 2.56 bits per heavy atom. The number of hydrogen-bond acceptors (Lipinski definition) is 2. The van der Waals surface area contributed by atoms with Gasteiger partial charge in [0.05, 0.1) is 13.7 Å². The summed E-state index contributed by atoms with van der Waals surface area (Å²) in [4.78, 5) is 15.4. The normalized spacial score (nSPS) is 19.7. The van der Waals surface area contributed by atoms with Crippen LogP contribution in [0.3, 0.4) is 0 Å². The second-order valence-electron chi connectivity index (χ2n) is 1.87. The summed E-state index contributed by atoms with van der Waals surface area (Å²) in [6.45, 7) is 1.46. The largest absolute Gasteiger partial charge is 0.341 e. The van der Waals surface area contributed by atoms with Crippen molar-refractivity contribution < 1.29 is 9.63 Å². The second kappa shape index (κ2) is 2.68. The van der Waals surface area contributed by atoms with Crippen molar-refractivity contribution in [2.45, 2.75) is 6.42 Å². The van der Waals surface area contributed by atoms with Crippen LogP contribution in [0.1, 0.15) is 6.42 Å². The molecule has 9 heavy (non-hydrogen) atoms. The van der Waals surface area contributed by atoms with Gasteiger partial charge in [-0.3, -0.25) is 4.84 Å². The van der Waals surface area contributed by atoms with Crippen molar-refractivity contribution in [3.05, 3.63) is 0 Å². The van der Waals surface area contributed by atoms with Crippen molar-refractivity contribution in [2.75, 3.05) is 20.2 Å². The summed E-state index contributed by atoms with van der Waals surface area (Å²) in [5.41, 5.74) is 0. The molecular weight excluding hydrogens is 120 g/mol. The smallest absolute Gasteiger partial charge is 0.336 e. The van der Waals surface area contributed by atoms with Crippen molar-refractivity contribution in [1.82, 2.24) is 10.4 Å². The average Bonchev–Trinajstić information content (AvgIpc) is 1.89. The Morgan fingerprint density at radius 1 is 1.78 bits per heavy atom. The molecule has 0 bridgehead atoms. The zero-order chi connectivity index (χ0) is 6.69. The van der Waals surface area contributed by atoms with Gasteiger partial charge in [-0.2, -0.15) is 0 Å².